The summed E-state index contributed by atoms with van der Waals surface area (Å²) in [6.07, 6.45) is 3.08. The van der Waals surface area contributed by atoms with Crippen LogP contribution >= 0.6 is 0 Å². The molecule has 2 aliphatic rings. The van der Waals surface area contributed by atoms with E-state index in [0.717, 1.165) is 31.2 Å². The van der Waals surface area contributed by atoms with Crippen molar-refractivity contribution in [3.8, 4) is 5.75 Å². The van der Waals surface area contributed by atoms with Crippen molar-refractivity contribution in [2.45, 2.75) is 36.7 Å². The summed E-state index contributed by atoms with van der Waals surface area (Å²) in [5, 5.41) is 0. The monoisotopic (exact) mass is 387 g/mol. The third kappa shape index (κ3) is 3.16. The van der Waals surface area contributed by atoms with Crippen LogP contribution in [0.5, 0.6) is 5.75 Å². The first-order valence-electron chi connectivity index (χ1n) is 8.99. The Morgan fingerprint density at radius 2 is 1.85 bits per heavy atom. The van der Waals surface area contributed by atoms with Gasteiger partial charge in [0.05, 0.1) is 24.2 Å². The number of ether oxygens (including phenoxy) is 2. The Balaban J connectivity index is 1.77. The molecule has 4 rings (SSSR count). The molecule has 0 aromatic heterocycles. The predicted molar refractivity (Wildman–Crippen MR) is 100 cm³/mol. The number of nitrogens with zero attached hydrogens (tertiary/aromatic N) is 1. The summed E-state index contributed by atoms with van der Waals surface area (Å²) in [4.78, 5) is 12.2. The zero-order valence-electron chi connectivity index (χ0n) is 15.1. The molecule has 1 heterocycles. The number of sulfonamides is 1. The first-order valence-corrected chi connectivity index (χ1v) is 10.4. The molecular formula is C20H21NO5S. The van der Waals surface area contributed by atoms with Crippen molar-refractivity contribution in [2.75, 3.05) is 18.0 Å². The van der Waals surface area contributed by atoms with E-state index in [1.54, 1.807) is 36.4 Å². The average Bonchev–Trinajstić information content (AvgIpc) is 2.71. The maximum atomic E-state index is 13.4. The molecule has 0 radical (unpaired) electrons. The summed E-state index contributed by atoms with van der Waals surface area (Å²) in [5.41, 5.74) is 2.73. The van der Waals surface area contributed by atoms with Gasteiger partial charge in [0.15, 0.2) is 0 Å². The topological polar surface area (TPSA) is 72.9 Å². The quantitative estimate of drug-likeness (QED) is 0.757. The lowest BCUT2D eigenvalue weighted by atomic mass is 9.92. The highest BCUT2D eigenvalue weighted by atomic mass is 32.2. The molecule has 27 heavy (non-hydrogen) atoms. The molecule has 0 amide bonds. The predicted octanol–water partition coefficient (Wildman–Crippen LogP) is 2.69. The van der Waals surface area contributed by atoms with Crippen molar-refractivity contribution in [2.24, 2.45) is 0 Å². The Bertz CT molecular complexity index is 986. The number of rotatable bonds is 3. The van der Waals surface area contributed by atoms with Crippen molar-refractivity contribution in [1.29, 1.82) is 0 Å². The molecule has 1 aliphatic heterocycles. The maximum absolute atomic E-state index is 13.4. The highest BCUT2D eigenvalue weighted by Crippen LogP contribution is 2.37. The number of fused-ring (bicyclic) bond motifs is 2. The Morgan fingerprint density at radius 1 is 1.11 bits per heavy atom. The van der Waals surface area contributed by atoms with Gasteiger partial charge in [-0.1, -0.05) is 18.2 Å². The number of hydrogen-bond acceptors (Lipinski definition) is 5. The molecular weight excluding hydrogens is 366 g/mol. The van der Waals surface area contributed by atoms with Gasteiger partial charge in [-0.3, -0.25) is 4.31 Å². The first kappa shape index (κ1) is 17.9. The Hall–Kier alpha value is -2.54. The van der Waals surface area contributed by atoms with Crippen LogP contribution in [0.15, 0.2) is 47.4 Å². The summed E-state index contributed by atoms with van der Waals surface area (Å²) in [5.74, 6) is -0.254. The Morgan fingerprint density at radius 3 is 2.63 bits per heavy atom. The van der Waals surface area contributed by atoms with Gasteiger partial charge in [-0.2, -0.15) is 0 Å². The number of benzene rings is 2. The lowest BCUT2D eigenvalue weighted by Crippen LogP contribution is -2.47. The van der Waals surface area contributed by atoms with E-state index in [0.29, 0.717) is 11.4 Å². The molecule has 6 nitrogen and oxygen atoms in total. The smallest absolute Gasteiger partial charge is 0.348 e. The molecule has 2 aromatic rings. The molecule has 142 valence electrons. The fourth-order valence-electron chi connectivity index (χ4n) is 3.68. The average molecular weight is 387 g/mol. The third-order valence-electron chi connectivity index (χ3n) is 5.11. The largest absolute Gasteiger partial charge is 0.475 e. The van der Waals surface area contributed by atoms with Gasteiger partial charge in [0.25, 0.3) is 10.0 Å². The van der Waals surface area contributed by atoms with E-state index in [2.05, 4.69) is 0 Å². The molecule has 1 atom stereocenters. The second-order valence-corrected chi connectivity index (χ2v) is 8.63. The van der Waals surface area contributed by atoms with Crippen LogP contribution in [0.1, 0.15) is 24.0 Å². The molecule has 0 bridgehead atoms. The van der Waals surface area contributed by atoms with Crippen LogP contribution in [0, 0.1) is 0 Å². The second-order valence-electron chi connectivity index (χ2n) is 6.77. The fraction of sp³-hybridized carbons (Fsp3) is 0.350. The number of hydrogen-bond donors (Lipinski definition) is 0. The molecule has 0 saturated heterocycles. The molecule has 0 N–H and O–H groups in total. The molecule has 0 fully saturated rings. The maximum Gasteiger partial charge on any atom is 0.348 e. The molecule has 0 unspecified atom stereocenters. The number of esters is 1. The van der Waals surface area contributed by atoms with Crippen LogP contribution in [0.25, 0.3) is 0 Å². The van der Waals surface area contributed by atoms with E-state index in [4.69, 9.17) is 9.47 Å². The minimum atomic E-state index is -3.84. The van der Waals surface area contributed by atoms with Gasteiger partial charge in [-0.15, -0.1) is 0 Å². The van der Waals surface area contributed by atoms with Gasteiger partial charge < -0.3 is 9.47 Å². The van der Waals surface area contributed by atoms with Crippen molar-refractivity contribution in [1.82, 2.24) is 0 Å². The number of carbonyl (C=O) groups excluding carboxylic acids is 1. The Kier molecular flexibility index (Phi) is 4.55. The normalized spacial score (nSPS) is 18.9. The van der Waals surface area contributed by atoms with Gasteiger partial charge in [0.1, 0.15) is 5.75 Å². The molecule has 1 aliphatic carbocycles. The zero-order valence-corrected chi connectivity index (χ0v) is 15.9. The number of para-hydroxylation sites is 2. The van der Waals surface area contributed by atoms with Crippen molar-refractivity contribution in [3.63, 3.8) is 0 Å². The van der Waals surface area contributed by atoms with Crippen molar-refractivity contribution in [3.05, 3.63) is 53.6 Å². The van der Waals surface area contributed by atoms with Crippen LogP contribution in [-0.4, -0.2) is 34.1 Å². The summed E-state index contributed by atoms with van der Waals surface area (Å²) in [6, 6.07) is 12.2. The number of aryl methyl sites for hydroxylation is 2. The first-order chi connectivity index (χ1) is 13.0. The van der Waals surface area contributed by atoms with Gasteiger partial charge in [-0.25, -0.2) is 13.2 Å². The van der Waals surface area contributed by atoms with Crippen LogP contribution in [0.2, 0.25) is 0 Å². The highest BCUT2D eigenvalue weighted by Gasteiger charge is 2.38. The minimum absolute atomic E-state index is 0.122. The molecule has 2 aromatic carbocycles. The molecule has 7 heteroatoms. The fourth-order valence-corrected chi connectivity index (χ4v) is 5.21. The highest BCUT2D eigenvalue weighted by molar-refractivity contribution is 7.92. The summed E-state index contributed by atoms with van der Waals surface area (Å²) < 4.78 is 38.5. The van der Waals surface area contributed by atoms with Gasteiger partial charge >= 0.3 is 5.97 Å². The van der Waals surface area contributed by atoms with Gasteiger partial charge in [-0.05, 0) is 61.1 Å². The lowest BCUT2D eigenvalue weighted by molar-refractivity contribution is -0.148. The molecule has 0 saturated carbocycles. The van der Waals surface area contributed by atoms with Crippen LogP contribution in [0.4, 0.5) is 5.69 Å². The van der Waals surface area contributed by atoms with E-state index in [1.807, 2.05) is 6.07 Å². The number of methoxy groups -OCH3 is 1. The van der Waals surface area contributed by atoms with E-state index in [1.165, 1.54) is 17.0 Å². The summed E-state index contributed by atoms with van der Waals surface area (Å²) >= 11 is 0. The van der Waals surface area contributed by atoms with Gasteiger partial charge in [0, 0.05) is 0 Å². The van der Waals surface area contributed by atoms with Crippen LogP contribution in [0.3, 0.4) is 0 Å². The van der Waals surface area contributed by atoms with E-state index in [9.17, 15) is 13.2 Å². The van der Waals surface area contributed by atoms with Crippen LogP contribution < -0.4 is 9.04 Å². The van der Waals surface area contributed by atoms with E-state index >= 15 is 0 Å². The standard InChI is InChI=1S/C20H21NO5S/c1-25-20(22)19-13-21(17-8-4-5-9-18(17)26-19)27(23,24)16-11-10-14-6-2-3-7-15(14)12-16/h4-5,8-12,19H,2-3,6-7,13H2,1H3/t19-/m0/s1. The second kappa shape index (κ2) is 6.88. The van der Waals surface area contributed by atoms with E-state index < -0.39 is 22.1 Å². The van der Waals surface area contributed by atoms with E-state index in [-0.39, 0.29) is 11.4 Å². The minimum Gasteiger partial charge on any atom is -0.475 e. The van der Waals surface area contributed by atoms with Crippen LogP contribution in [-0.2, 0) is 32.4 Å². The van der Waals surface area contributed by atoms with Crippen molar-refractivity contribution < 1.29 is 22.7 Å². The SMILES string of the molecule is COC(=O)[C@@H]1CN(S(=O)(=O)c2ccc3c(c2)CCCC3)c2ccccc2O1. The number of carbonyl (C=O) groups is 1. The zero-order chi connectivity index (χ0) is 19.0. The lowest BCUT2D eigenvalue weighted by Gasteiger charge is -2.34. The van der Waals surface area contributed by atoms with Gasteiger partial charge in [0.2, 0.25) is 6.10 Å². The Labute approximate surface area is 158 Å². The third-order valence-corrected chi connectivity index (χ3v) is 6.88. The number of anilines is 1. The summed E-state index contributed by atoms with van der Waals surface area (Å²) in [7, 11) is -2.58. The van der Waals surface area contributed by atoms with Crippen molar-refractivity contribution >= 4 is 21.7 Å². The summed E-state index contributed by atoms with van der Waals surface area (Å²) in [6.45, 7) is -0.122. The molecule has 0 spiro atoms.